The van der Waals surface area contributed by atoms with Gasteiger partial charge in [-0.05, 0) is 36.2 Å². The van der Waals surface area contributed by atoms with Crippen LogP contribution in [0.25, 0.3) is 0 Å². The zero-order valence-electron chi connectivity index (χ0n) is 22.5. The number of hydrogen-bond acceptors (Lipinski definition) is 6. The van der Waals surface area contributed by atoms with Crippen LogP contribution in [0.2, 0.25) is 0 Å². The zero-order valence-corrected chi connectivity index (χ0v) is 22.5. The molecule has 3 aromatic rings. The number of amides is 3. The molecule has 1 unspecified atom stereocenters. The highest BCUT2D eigenvalue weighted by Gasteiger charge is 2.53. The van der Waals surface area contributed by atoms with Crippen molar-refractivity contribution in [2.75, 3.05) is 30.6 Å². The molecule has 0 bridgehead atoms. The molecule has 3 amide bonds. The molecule has 0 aliphatic carbocycles. The largest absolute Gasteiger partial charge is 0.393 e. The third-order valence-electron chi connectivity index (χ3n) is 7.07. The first kappa shape index (κ1) is 28.0. The minimum atomic E-state index is -1.74. The smallest absolute Gasteiger partial charge is 0.292 e. The van der Waals surface area contributed by atoms with Gasteiger partial charge in [0.1, 0.15) is 5.54 Å². The van der Waals surface area contributed by atoms with Gasteiger partial charge in [0.25, 0.3) is 11.7 Å². The number of ether oxygens (including phenoxy) is 2. The fourth-order valence-electron chi connectivity index (χ4n) is 4.99. The summed E-state index contributed by atoms with van der Waals surface area (Å²) in [7, 11) is 2.75. The lowest BCUT2D eigenvalue weighted by Crippen LogP contribution is -2.61. The van der Waals surface area contributed by atoms with Gasteiger partial charge in [0.05, 0.1) is 18.8 Å². The standard InChI is InChI=1S/C30H33N3O6/c1-21(35)33(29(2,20-34)27(36)31-18-22-11-7-5-8-12-22)24-15-16-26-25(17-24)30(38-3,39-4)28(37)32(26)19-23-13-9-6-10-14-23/h5-17,34H,18-20H2,1-4H3,(H,31,36). The Morgan fingerprint density at radius 1 is 0.974 bits per heavy atom. The Morgan fingerprint density at radius 2 is 1.56 bits per heavy atom. The van der Waals surface area contributed by atoms with E-state index >= 15 is 0 Å². The minimum Gasteiger partial charge on any atom is -0.393 e. The van der Waals surface area contributed by atoms with Crippen molar-refractivity contribution in [2.24, 2.45) is 0 Å². The summed E-state index contributed by atoms with van der Waals surface area (Å²) in [4.78, 5) is 42.8. The molecule has 1 aliphatic rings. The Hall–Kier alpha value is -4.05. The summed E-state index contributed by atoms with van der Waals surface area (Å²) in [6.07, 6.45) is 0. The number of nitrogens with zero attached hydrogens (tertiary/aromatic N) is 2. The second-order valence-corrected chi connectivity index (χ2v) is 9.56. The van der Waals surface area contributed by atoms with Gasteiger partial charge in [-0.15, -0.1) is 0 Å². The molecule has 0 saturated carbocycles. The molecule has 1 heterocycles. The Bertz CT molecular complexity index is 1340. The monoisotopic (exact) mass is 531 g/mol. The van der Waals surface area contributed by atoms with E-state index in [1.54, 1.807) is 23.1 Å². The maximum Gasteiger partial charge on any atom is 0.292 e. The number of rotatable bonds is 10. The summed E-state index contributed by atoms with van der Waals surface area (Å²) in [6, 6.07) is 23.8. The number of methoxy groups -OCH3 is 2. The van der Waals surface area contributed by atoms with Crippen LogP contribution in [0.4, 0.5) is 11.4 Å². The van der Waals surface area contributed by atoms with Crippen LogP contribution >= 0.6 is 0 Å². The van der Waals surface area contributed by atoms with E-state index < -0.39 is 35.7 Å². The predicted octanol–water partition coefficient (Wildman–Crippen LogP) is 3.10. The lowest BCUT2D eigenvalue weighted by atomic mass is 9.96. The van der Waals surface area contributed by atoms with Crippen molar-refractivity contribution in [1.29, 1.82) is 0 Å². The molecule has 3 aromatic carbocycles. The third kappa shape index (κ3) is 5.04. The lowest BCUT2D eigenvalue weighted by Gasteiger charge is -2.38. The van der Waals surface area contributed by atoms with Gasteiger partial charge < -0.3 is 24.8 Å². The van der Waals surface area contributed by atoms with Gasteiger partial charge in [0, 0.05) is 38.9 Å². The number of hydrogen-bond donors (Lipinski definition) is 2. The Balaban J connectivity index is 1.73. The topological polar surface area (TPSA) is 108 Å². The second-order valence-electron chi connectivity index (χ2n) is 9.56. The van der Waals surface area contributed by atoms with Crippen molar-refractivity contribution in [2.45, 2.75) is 38.3 Å². The summed E-state index contributed by atoms with van der Waals surface area (Å²) in [5.74, 6) is -3.15. The Labute approximate surface area is 227 Å². The van der Waals surface area contributed by atoms with Crippen LogP contribution in [0.3, 0.4) is 0 Å². The highest BCUT2D eigenvalue weighted by atomic mass is 16.7. The summed E-state index contributed by atoms with van der Waals surface area (Å²) >= 11 is 0. The molecule has 204 valence electrons. The van der Waals surface area contributed by atoms with Crippen LogP contribution in [0.5, 0.6) is 0 Å². The Kier molecular flexibility index (Phi) is 8.15. The molecule has 9 heteroatoms. The number of aliphatic hydroxyl groups excluding tert-OH is 1. The van der Waals surface area contributed by atoms with Gasteiger partial charge in [-0.25, -0.2) is 0 Å². The number of anilines is 2. The highest BCUT2D eigenvalue weighted by molar-refractivity contribution is 6.08. The lowest BCUT2D eigenvalue weighted by molar-refractivity contribution is -0.209. The number of carbonyl (C=O) groups is 3. The van der Waals surface area contributed by atoms with Crippen molar-refractivity contribution in [3.63, 3.8) is 0 Å². The number of benzene rings is 3. The summed E-state index contributed by atoms with van der Waals surface area (Å²) in [5, 5.41) is 13.2. The van der Waals surface area contributed by atoms with Crippen LogP contribution in [-0.2, 0) is 42.7 Å². The van der Waals surface area contributed by atoms with E-state index in [0.717, 1.165) is 11.1 Å². The van der Waals surface area contributed by atoms with Crippen LogP contribution in [0.15, 0.2) is 78.9 Å². The Morgan fingerprint density at radius 3 is 2.10 bits per heavy atom. The van der Waals surface area contributed by atoms with E-state index in [1.807, 2.05) is 60.7 Å². The highest BCUT2D eigenvalue weighted by Crippen LogP contribution is 2.46. The third-order valence-corrected chi connectivity index (χ3v) is 7.07. The number of fused-ring (bicyclic) bond motifs is 1. The van der Waals surface area contributed by atoms with Crippen LogP contribution in [-0.4, -0.2) is 49.2 Å². The molecule has 0 fully saturated rings. The summed E-state index contributed by atoms with van der Waals surface area (Å²) in [6.45, 7) is 2.69. The van der Waals surface area contributed by atoms with Crippen molar-refractivity contribution in [3.8, 4) is 0 Å². The van der Waals surface area contributed by atoms with E-state index in [4.69, 9.17) is 9.47 Å². The number of aliphatic hydroxyl groups is 1. The van der Waals surface area contributed by atoms with Crippen molar-refractivity contribution >= 4 is 29.1 Å². The molecule has 0 saturated heterocycles. The summed E-state index contributed by atoms with van der Waals surface area (Å²) in [5.41, 5.74) is 1.41. The van der Waals surface area contributed by atoms with E-state index in [1.165, 1.54) is 33.0 Å². The summed E-state index contributed by atoms with van der Waals surface area (Å²) < 4.78 is 11.3. The molecular formula is C30H33N3O6. The molecule has 2 N–H and O–H groups in total. The van der Waals surface area contributed by atoms with Gasteiger partial charge in [-0.2, -0.15) is 0 Å². The molecule has 1 atom stereocenters. The van der Waals surface area contributed by atoms with E-state index in [9.17, 15) is 19.5 Å². The van der Waals surface area contributed by atoms with Crippen molar-refractivity contribution in [3.05, 3.63) is 95.6 Å². The molecule has 0 spiro atoms. The molecule has 1 aliphatic heterocycles. The first-order valence-electron chi connectivity index (χ1n) is 12.6. The maximum atomic E-state index is 13.6. The normalized spacial score (nSPS) is 15.4. The average Bonchev–Trinajstić information content (AvgIpc) is 3.19. The fourth-order valence-corrected chi connectivity index (χ4v) is 4.99. The van der Waals surface area contributed by atoms with Crippen LogP contribution in [0, 0.1) is 0 Å². The molecule has 9 nitrogen and oxygen atoms in total. The van der Waals surface area contributed by atoms with E-state index in [2.05, 4.69) is 5.32 Å². The minimum absolute atomic E-state index is 0.227. The quantitative estimate of drug-likeness (QED) is 0.389. The van der Waals surface area contributed by atoms with Crippen LogP contribution in [0.1, 0.15) is 30.5 Å². The van der Waals surface area contributed by atoms with E-state index in [0.29, 0.717) is 16.9 Å². The molecule has 0 radical (unpaired) electrons. The zero-order chi connectivity index (χ0) is 28.2. The first-order chi connectivity index (χ1) is 18.7. The van der Waals surface area contributed by atoms with Gasteiger partial charge in [-0.1, -0.05) is 60.7 Å². The maximum absolute atomic E-state index is 13.6. The van der Waals surface area contributed by atoms with Crippen molar-refractivity contribution in [1.82, 2.24) is 5.32 Å². The fraction of sp³-hybridized carbons (Fsp3) is 0.300. The van der Waals surface area contributed by atoms with Gasteiger partial charge >= 0.3 is 0 Å². The molecule has 4 rings (SSSR count). The van der Waals surface area contributed by atoms with Gasteiger partial charge in [0.15, 0.2) is 0 Å². The first-order valence-corrected chi connectivity index (χ1v) is 12.6. The van der Waals surface area contributed by atoms with Crippen LogP contribution < -0.4 is 15.1 Å². The second kappa shape index (κ2) is 11.4. The average molecular weight is 532 g/mol. The van der Waals surface area contributed by atoms with Crippen molar-refractivity contribution < 1.29 is 29.0 Å². The van der Waals surface area contributed by atoms with Gasteiger partial charge in [-0.3, -0.25) is 19.3 Å². The predicted molar refractivity (Wildman–Crippen MR) is 147 cm³/mol. The van der Waals surface area contributed by atoms with Gasteiger partial charge in [0.2, 0.25) is 11.8 Å². The molecule has 39 heavy (non-hydrogen) atoms. The SMILES string of the molecule is COC1(OC)C(=O)N(Cc2ccccc2)c2ccc(N(C(C)=O)C(C)(CO)C(=O)NCc3ccccc3)cc21. The molecular weight excluding hydrogens is 498 g/mol. The van der Waals surface area contributed by atoms with E-state index in [-0.39, 0.29) is 13.1 Å². The number of nitrogens with one attached hydrogen (secondary N) is 1. The number of carbonyl (C=O) groups excluding carboxylic acids is 3. The molecule has 0 aromatic heterocycles.